The Kier molecular flexibility index (Phi) is 11.3. The highest BCUT2D eigenvalue weighted by Gasteiger charge is 2.34. The molecule has 3 aromatic carbocycles. The van der Waals surface area contributed by atoms with Crippen molar-refractivity contribution >= 4 is 28.9 Å². The number of aliphatic hydroxyl groups excluding tert-OH is 1. The molecule has 0 radical (unpaired) electrons. The van der Waals surface area contributed by atoms with E-state index in [-0.39, 0.29) is 48.2 Å². The van der Waals surface area contributed by atoms with Crippen LogP contribution in [-0.2, 0) is 25.7 Å². The number of carbonyl (C=O) groups excluding carboxylic acids is 1. The molecule has 2 fully saturated rings. The maximum Gasteiger partial charge on any atom is 0.303 e. The lowest BCUT2D eigenvalue weighted by atomic mass is 9.99. The number of nitro benzene ring substituents is 1. The topological polar surface area (TPSA) is 155 Å². The van der Waals surface area contributed by atoms with E-state index in [2.05, 4.69) is 15.1 Å². The minimum atomic E-state index is -0.864. The number of nitrogens with one attached hydrogen (secondary N) is 1. The molecule has 0 aliphatic carbocycles. The van der Waals surface area contributed by atoms with Crippen molar-refractivity contribution in [3.8, 4) is 0 Å². The number of carbonyl (C=O) groups is 2. The largest absolute Gasteiger partial charge is 0.481 e. The van der Waals surface area contributed by atoms with Gasteiger partial charge in [0.25, 0.3) is 5.69 Å². The van der Waals surface area contributed by atoms with Crippen LogP contribution in [0.1, 0.15) is 61.2 Å². The summed E-state index contributed by atoms with van der Waals surface area (Å²) < 4.78 is 13.0. The lowest BCUT2D eigenvalue weighted by Crippen LogP contribution is -2.49. The van der Waals surface area contributed by atoms with Crippen LogP contribution in [-0.4, -0.2) is 70.7 Å². The van der Waals surface area contributed by atoms with E-state index in [1.807, 2.05) is 48.5 Å². The third kappa shape index (κ3) is 9.10. The van der Waals surface area contributed by atoms with Crippen LogP contribution in [0, 0.1) is 10.1 Å². The number of rotatable bonds is 13. The first-order chi connectivity index (χ1) is 22.3. The van der Waals surface area contributed by atoms with E-state index in [1.165, 1.54) is 12.1 Å². The van der Waals surface area contributed by atoms with Crippen molar-refractivity contribution in [1.29, 1.82) is 0 Å². The van der Waals surface area contributed by atoms with Gasteiger partial charge in [-0.05, 0) is 48.2 Å². The molecule has 244 valence electrons. The average Bonchev–Trinajstić information content (AvgIpc) is 3.07. The van der Waals surface area contributed by atoms with Crippen molar-refractivity contribution in [2.45, 2.75) is 57.2 Å². The molecule has 0 aromatic heterocycles. The summed E-state index contributed by atoms with van der Waals surface area (Å²) in [5.74, 6) is -1.03. The highest BCUT2D eigenvalue weighted by molar-refractivity contribution is 5.90. The molecule has 0 bridgehead atoms. The van der Waals surface area contributed by atoms with Crippen LogP contribution < -0.4 is 10.2 Å². The van der Waals surface area contributed by atoms with E-state index in [0.717, 1.165) is 55.1 Å². The van der Waals surface area contributed by atoms with Gasteiger partial charge in [0, 0.05) is 81.1 Å². The molecule has 3 atom stereocenters. The number of amides is 1. The summed E-state index contributed by atoms with van der Waals surface area (Å²) in [7, 11) is 0. The summed E-state index contributed by atoms with van der Waals surface area (Å²) in [6, 6.07) is 21.8. The van der Waals surface area contributed by atoms with Gasteiger partial charge in [-0.25, -0.2) is 0 Å². The molecule has 0 unspecified atom stereocenters. The first-order valence-corrected chi connectivity index (χ1v) is 15.6. The number of benzene rings is 3. The molecule has 2 heterocycles. The predicted octanol–water partition coefficient (Wildman–Crippen LogP) is 5.04. The van der Waals surface area contributed by atoms with E-state index < -0.39 is 12.3 Å². The number of carboxylic acid groups (broad SMARTS) is 1. The fourth-order valence-corrected chi connectivity index (χ4v) is 5.80. The van der Waals surface area contributed by atoms with Gasteiger partial charge < -0.3 is 29.9 Å². The van der Waals surface area contributed by atoms with Gasteiger partial charge in [-0.1, -0.05) is 36.4 Å². The number of anilines is 2. The summed E-state index contributed by atoms with van der Waals surface area (Å²) in [4.78, 5) is 38.2. The zero-order valence-electron chi connectivity index (χ0n) is 25.6. The van der Waals surface area contributed by atoms with Gasteiger partial charge in [-0.15, -0.1) is 0 Å². The Hall–Kier alpha value is -4.36. The molecule has 46 heavy (non-hydrogen) atoms. The second-order valence-electron chi connectivity index (χ2n) is 11.7. The van der Waals surface area contributed by atoms with Crippen LogP contribution in [0.3, 0.4) is 0 Å². The molecule has 0 spiro atoms. The van der Waals surface area contributed by atoms with Crippen LogP contribution >= 0.6 is 0 Å². The number of aliphatic carboxylic acids is 1. The molecule has 12 heteroatoms. The molecule has 5 rings (SSSR count). The minimum absolute atomic E-state index is 0.0305. The van der Waals surface area contributed by atoms with Gasteiger partial charge in [-0.2, -0.15) is 0 Å². The van der Waals surface area contributed by atoms with E-state index in [0.29, 0.717) is 24.9 Å². The Morgan fingerprint density at radius 1 is 0.870 bits per heavy atom. The quantitative estimate of drug-likeness (QED) is 0.133. The van der Waals surface area contributed by atoms with E-state index in [4.69, 9.17) is 14.6 Å². The van der Waals surface area contributed by atoms with Crippen molar-refractivity contribution in [3.05, 3.63) is 99.6 Å². The third-order valence-electron chi connectivity index (χ3n) is 8.39. The number of aliphatic hydroxyl groups is 1. The second kappa shape index (κ2) is 15.8. The molecular weight excluding hydrogens is 592 g/mol. The van der Waals surface area contributed by atoms with Crippen LogP contribution in [0.15, 0.2) is 72.8 Å². The SMILES string of the molecule is O=C(O)CCCCC(=O)Nc1ccc([C@@H]2O[C@H](CN3CCN(c4ccc([N+](=O)[O-])cc4)CC3)C[C@H](c3ccc(CO)cc3)O2)cc1. The number of unbranched alkanes of at least 4 members (excludes halogenated alkanes) is 1. The van der Waals surface area contributed by atoms with Crippen molar-refractivity contribution in [1.82, 2.24) is 4.90 Å². The summed E-state index contributed by atoms with van der Waals surface area (Å²) in [6.07, 6.45) is 0.976. The maximum absolute atomic E-state index is 12.3. The molecule has 2 aliphatic rings. The smallest absolute Gasteiger partial charge is 0.303 e. The van der Waals surface area contributed by atoms with Gasteiger partial charge in [0.1, 0.15) is 0 Å². The van der Waals surface area contributed by atoms with Crippen LogP contribution in [0.4, 0.5) is 17.1 Å². The van der Waals surface area contributed by atoms with Gasteiger partial charge >= 0.3 is 5.97 Å². The lowest BCUT2D eigenvalue weighted by Gasteiger charge is -2.41. The van der Waals surface area contributed by atoms with Crippen molar-refractivity contribution in [3.63, 3.8) is 0 Å². The monoisotopic (exact) mass is 632 g/mol. The fourth-order valence-electron chi connectivity index (χ4n) is 5.80. The van der Waals surface area contributed by atoms with E-state index in [9.17, 15) is 24.8 Å². The summed E-state index contributed by atoms with van der Waals surface area (Å²) in [6.45, 7) is 3.92. The minimum Gasteiger partial charge on any atom is -0.481 e. The summed E-state index contributed by atoms with van der Waals surface area (Å²) in [5, 5.41) is 32.1. The number of ether oxygens (including phenoxy) is 2. The van der Waals surface area contributed by atoms with Crippen molar-refractivity contribution in [2.24, 2.45) is 0 Å². The number of carboxylic acids is 1. The Morgan fingerprint density at radius 2 is 1.52 bits per heavy atom. The van der Waals surface area contributed by atoms with Gasteiger partial charge in [0.15, 0.2) is 6.29 Å². The van der Waals surface area contributed by atoms with Crippen molar-refractivity contribution < 1.29 is 34.2 Å². The highest BCUT2D eigenvalue weighted by Crippen LogP contribution is 2.38. The van der Waals surface area contributed by atoms with Crippen LogP contribution in [0.25, 0.3) is 0 Å². The van der Waals surface area contributed by atoms with E-state index in [1.54, 1.807) is 12.1 Å². The number of nitro groups is 1. The number of hydrogen-bond donors (Lipinski definition) is 3. The second-order valence-corrected chi connectivity index (χ2v) is 11.7. The standard InChI is InChI=1S/C34H40N4O8/c39-23-24-5-7-25(8-6-24)31-21-30(22-36-17-19-37(20-18-36)28-13-15-29(16-14-28)38(43)44)45-34(46-31)26-9-11-27(12-10-26)35-32(40)3-1-2-4-33(41)42/h5-16,30-31,34,39H,1-4,17-23H2,(H,35,40)(H,41,42)/t30-,31+,34+/m0/s1. The molecule has 0 saturated carbocycles. The number of hydrogen-bond acceptors (Lipinski definition) is 9. The molecule has 1 amide bonds. The molecular formula is C34H40N4O8. The molecule has 2 aliphatic heterocycles. The molecule has 12 nitrogen and oxygen atoms in total. The zero-order chi connectivity index (χ0) is 32.5. The van der Waals surface area contributed by atoms with E-state index >= 15 is 0 Å². The predicted molar refractivity (Wildman–Crippen MR) is 171 cm³/mol. The fraction of sp³-hybridized carbons (Fsp3) is 0.412. The number of piperazine rings is 1. The lowest BCUT2D eigenvalue weighted by molar-refractivity contribution is -0.384. The average molecular weight is 633 g/mol. The summed E-state index contributed by atoms with van der Waals surface area (Å²) in [5.41, 5.74) is 4.35. The van der Waals surface area contributed by atoms with Gasteiger partial charge in [-0.3, -0.25) is 24.6 Å². The number of non-ortho nitro benzene ring substituents is 1. The molecule has 2 saturated heterocycles. The molecule has 3 aromatic rings. The third-order valence-corrected chi connectivity index (χ3v) is 8.39. The van der Waals surface area contributed by atoms with Crippen LogP contribution in [0.2, 0.25) is 0 Å². The normalized spacial score (nSPS) is 20.3. The zero-order valence-corrected chi connectivity index (χ0v) is 25.6. The Labute approximate surface area is 267 Å². The Morgan fingerprint density at radius 3 is 2.15 bits per heavy atom. The molecule has 3 N–H and O–H groups in total. The van der Waals surface area contributed by atoms with Crippen LogP contribution in [0.5, 0.6) is 0 Å². The Balaban J connectivity index is 1.21. The maximum atomic E-state index is 12.3. The van der Waals surface area contributed by atoms with Crippen molar-refractivity contribution in [2.75, 3.05) is 42.9 Å². The Bertz CT molecular complexity index is 1460. The van der Waals surface area contributed by atoms with Gasteiger partial charge in [0.05, 0.1) is 23.7 Å². The first kappa shape index (κ1) is 33.0. The summed E-state index contributed by atoms with van der Waals surface area (Å²) >= 11 is 0. The highest BCUT2D eigenvalue weighted by atomic mass is 16.7. The number of nitrogens with zero attached hydrogens (tertiary/aromatic N) is 3. The van der Waals surface area contributed by atoms with Gasteiger partial charge in [0.2, 0.25) is 5.91 Å². The first-order valence-electron chi connectivity index (χ1n) is 15.6.